The summed E-state index contributed by atoms with van der Waals surface area (Å²) in [4.78, 5) is 0. The molecule has 1 N–H and O–H groups in total. The monoisotopic (exact) mass is 219 g/mol. The van der Waals surface area contributed by atoms with Crippen LogP contribution in [0, 0.1) is 23.7 Å². The molecule has 0 aliphatic heterocycles. The van der Waals surface area contributed by atoms with Gasteiger partial charge in [0.25, 0.3) is 0 Å². The number of fused-ring (bicyclic) bond motifs is 2. The molecular formula is C15H25N. The van der Waals surface area contributed by atoms with Crippen molar-refractivity contribution in [2.24, 2.45) is 23.7 Å². The Kier molecular flexibility index (Phi) is 2.83. The molecule has 0 radical (unpaired) electrons. The Morgan fingerprint density at radius 3 is 2.56 bits per heavy atom. The van der Waals surface area contributed by atoms with Crippen molar-refractivity contribution in [2.45, 2.75) is 58.0 Å². The van der Waals surface area contributed by atoms with Crippen molar-refractivity contribution >= 4 is 0 Å². The highest BCUT2D eigenvalue weighted by atomic mass is 15.0. The quantitative estimate of drug-likeness (QED) is 0.718. The minimum absolute atomic E-state index is 0.732. The van der Waals surface area contributed by atoms with Crippen LogP contribution in [0.2, 0.25) is 0 Å². The lowest BCUT2D eigenvalue weighted by atomic mass is 9.87. The molecule has 2 fully saturated rings. The molecule has 6 atom stereocenters. The SMILES string of the molecule is CC1CCC(NC(C)C2CC3C=CC2C3)C1. The fourth-order valence-electron chi connectivity index (χ4n) is 4.25. The van der Waals surface area contributed by atoms with E-state index in [1.165, 1.54) is 32.1 Å². The molecule has 0 saturated heterocycles. The van der Waals surface area contributed by atoms with Gasteiger partial charge in [-0.3, -0.25) is 0 Å². The molecule has 2 saturated carbocycles. The molecule has 1 heteroatoms. The van der Waals surface area contributed by atoms with Gasteiger partial charge < -0.3 is 5.32 Å². The van der Waals surface area contributed by atoms with Crippen molar-refractivity contribution in [3.8, 4) is 0 Å². The third-order valence-corrected chi connectivity index (χ3v) is 5.17. The zero-order chi connectivity index (χ0) is 11.1. The first-order chi connectivity index (χ1) is 7.72. The van der Waals surface area contributed by atoms with E-state index in [1.54, 1.807) is 0 Å². The minimum Gasteiger partial charge on any atom is -0.311 e. The lowest BCUT2D eigenvalue weighted by molar-refractivity contribution is 0.298. The smallest absolute Gasteiger partial charge is 0.00754 e. The third-order valence-electron chi connectivity index (χ3n) is 5.17. The molecule has 3 aliphatic carbocycles. The van der Waals surface area contributed by atoms with Crippen LogP contribution in [0.3, 0.4) is 0 Å². The molecule has 0 aromatic rings. The summed E-state index contributed by atoms with van der Waals surface area (Å²) in [6, 6.07) is 1.54. The van der Waals surface area contributed by atoms with Crippen molar-refractivity contribution < 1.29 is 0 Å². The lowest BCUT2D eigenvalue weighted by Gasteiger charge is -2.29. The number of allylic oxidation sites excluding steroid dienone is 2. The van der Waals surface area contributed by atoms with Crippen LogP contribution < -0.4 is 5.32 Å². The Labute approximate surface area is 99.7 Å². The Bertz CT molecular complexity index is 283. The van der Waals surface area contributed by atoms with Gasteiger partial charge in [0.15, 0.2) is 0 Å². The predicted molar refractivity (Wildman–Crippen MR) is 68.2 cm³/mol. The van der Waals surface area contributed by atoms with Crippen molar-refractivity contribution in [3.63, 3.8) is 0 Å². The van der Waals surface area contributed by atoms with Crippen LogP contribution in [-0.2, 0) is 0 Å². The molecule has 1 nitrogen and oxygen atoms in total. The topological polar surface area (TPSA) is 12.0 Å². The fourth-order valence-corrected chi connectivity index (χ4v) is 4.25. The van der Waals surface area contributed by atoms with Crippen LogP contribution in [-0.4, -0.2) is 12.1 Å². The molecule has 0 aromatic heterocycles. The van der Waals surface area contributed by atoms with Crippen LogP contribution in [0.1, 0.15) is 46.0 Å². The second-order valence-corrected chi connectivity index (χ2v) is 6.51. The van der Waals surface area contributed by atoms with E-state index >= 15 is 0 Å². The summed E-state index contributed by atoms with van der Waals surface area (Å²) in [7, 11) is 0. The first-order valence-electron chi connectivity index (χ1n) is 7.16. The van der Waals surface area contributed by atoms with Gasteiger partial charge in [0, 0.05) is 12.1 Å². The molecule has 2 bridgehead atoms. The normalized spacial score (nSPS) is 47.8. The zero-order valence-corrected chi connectivity index (χ0v) is 10.7. The van der Waals surface area contributed by atoms with Crippen molar-refractivity contribution in [1.29, 1.82) is 0 Å². The van der Waals surface area contributed by atoms with E-state index in [-0.39, 0.29) is 0 Å². The van der Waals surface area contributed by atoms with Gasteiger partial charge in [-0.25, -0.2) is 0 Å². The van der Waals surface area contributed by atoms with Gasteiger partial charge in [-0.05, 0) is 62.7 Å². The van der Waals surface area contributed by atoms with E-state index in [2.05, 4.69) is 31.3 Å². The second-order valence-electron chi connectivity index (χ2n) is 6.51. The number of hydrogen-bond acceptors (Lipinski definition) is 1. The van der Waals surface area contributed by atoms with Gasteiger partial charge in [-0.2, -0.15) is 0 Å². The van der Waals surface area contributed by atoms with E-state index in [4.69, 9.17) is 0 Å². The van der Waals surface area contributed by atoms with Gasteiger partial charge in [0.1, 0.15) is 0 Å². The molecule has 0 aromatic carbocycles. The average Bonchev–Trinajstić information content (AvgIpc) is 2.93. The number of hydrogen-bond donors (Lipinski definition) is 1. The van der Waals surface area contributed by atoms with Crippen LogP contribution in [0.4, 0.5) is 0 Å². The first kappa shape index (κ1) is 10.8. The summed E-state index contributed by atoms with van der Waals surface area (Å²) in [6.45, 7) is 4.81. The summed E-state index contributed by atoms with van der Waals surface area (Å²) in [5, 5.41) is 3.90. The van der Waals surface area contributed by atoms with Gasteiger partial charge in [-0.1, -0.05) is 19.1 Å². The average molecular weight is 219 g/mol. The van der Waals surface area contributed by atoms with Gasteiger partial charge in [0.05, 0.1) is 0 Å². The Morgan fingerprint density at radius 2 is 2.00 bits per heavy atom. The number of nitrogens with one attached hydrogen (secondary N) is 1. The fraction of sp³-hybridized carbons (Fsp3) is 0.867. The van der Waals surface area contributed by atoms with Gasteiger partial charge in [0.2, 0.25) is 0 Å². The molecule has 6 unspecified atom stereocenters. The number of rotatable bonds is 3. The van der Waals surface area contributed by atoms with Crippen molar-refractivity contribution in [2.75, 3.05) is 0 Å². The first-order valence-corrected chi connectivity index (χ1v) is 7.16. The largest absolute Gasteiger partial charge is 0.311 e. The maximum atomic E-state index is 3.90. The molecule has 0 spiro atoms. The molecule has 3 rings (SSSR count). The van der Waals surface area contributed by atoms with E-state index < -0.39 is 0 Å². The summed E-state index contributed by atoms with van der Waals surface area (Å²) in [5.41, 5.74) is 0. The lowest BCUT2D eigenvalue weighted by Crippen LogP contribution is -2.41. The molecular weight excluding hydrogens is 194 g/mol. The van der Waals surface area contributed by atoms with Gasteiger partial charge >= 0.3 is 0 Å². The van der Waals surface area contributed by atoms with E-state index in [0.717, 1.165) is 35.8 Å². The maximum absolute atomic E-state index is 3.90. The van der Waals surface area contributed by atoms with E-state index in [1.807, 2.05) is 0 Å². The Balaban J connectivity index is 1.54. The summed E-state index contributed by atoms with van der Waals surface area (Å²) in [6.07, 6.45) is 12.1. The molecule has 0 heterocycles. The van der Waals surface area contributed by atoms with Gasteiger partial charge in [-0.15, -0.1) is 0 Å². The van der Waals surface area contributed by atoms with Crippen molar-refractivity contribution in [1.82, 2.24) is 5.32 Å². The van der Waals surface area contributed by atoms with Crippen LogP contribution in [0.15, 0.2) is 12.2 Å². The van der Waals surface area contributed by atoms with E-state index in [9.17, 15) is 0 Å². The van der Waals surface area contributed by atoms with Crippen LogP contribution >= 0.6 is 0 Å². The molecule has 90 valence electrons. The predicted octanol–water partition coefficient (Wildman–Crippen LogP) is 3.37. The Morgan fingerprint density at radius 1 is 1.12 bits per heavy atom. The van der Waals surface area contributed by atoms with Crippen LogP contribution in [0.5, 0.6) is 0 Å². The highest BCUT2D eigenvalue weighted by Gasteiger charge is 2.39. The Hall–Kier alpha value is -0.300. The summed E-state index contributed by atoms with van der Waals surface area (Å²) < 4.78 is 0. The van der Waals surface area contributed by atoms with Crippen molar-refractivity contribution in [3.05, 3.63) is 12.2 Å². The third kappa shape index (κ3) is 1.95. The zero-order valence-electron chi connectivity index (χ0n) is 10.7. The summed E-state index contributed by atoms with van der Waals surface area (Å²) in [5.74, 6) is 3.68. The highest BCUT2D eigenvalue weighted by Crippen LogP contribution is 2.45. The molecule has 16 heavy (non-hydrogen) atoms. The van der Waals surface area contributed by atoms with E-state index in [0.29, 0.717) is 0 Å². The highest BCUT2D eigenvalue weighted by molar-refractivity contribution is 5.11. The summed E-state index contributed by atoms with van der Waals surface area (Å²) >= 11 is 0. The molecule has 3 aliphatic rings. The maximum Gasteiger partial charge on any atom is 0.00754 e. The second kappa shape index (κ2) is 4.18. The standard InChI is InChI=1S/C15H25N/c1-10-3-6-14(7-10)16-11(2)15-9-12-4-5-13(15)8-12/h4-5,10-16H,3,6-9H2,1-2H3. The van der Waals surface area contributed by atoms with Crippen LogP contribution in [0.25, 0.3) is 0 Å². The molecule has 0 amide bonds. The minimum atomic E-state index is 0.732.